The Kier molecular flexibility index (Phi) is 2.76. The second-order valence-corrected chi connectivity index (χ2v) is 4.67. The highest BCUT2D eigenvalue weighted by atomic mass is 16.5. The Hall–Kier alpha value is -1.28. The molecule has 0 radical (unpaired) electrons. The van der Waals surface area contributed by atoms with E-state index in [9.17, 15) is 5.11 Å². The summed E-state index contributed by atoms with van der Waals surface area (Å²) in [6.45, 7) is 4.02. The van der Waals surface area contributed by atoms with E-state index >= 15 is 0 Å². The van der Waals surface area contributed by atoms with E-state index in [1.807, 2.05) is 38.1 Å². The van der Waals surface area contributed by atoms with Gasteiger partial charge in [0.1, 0.15) is 11.4 Å². The number of aryl methyl sites for hydroxylation is 1. The lowest BCUT2D eigenvalue weighted by Gasteiger charge is -2.21. The minimum Gasteiger partial charge on any atom is -0.497 e. The zero-order chi connectivity index (χ0) is 11.8. The Labute approximate surface area is 96.6 Å². The highest BCUT2D eigenvalue weighted by Crippen LogP contribution is 2.40. The molecule has 86 valence electrons. The maximum atomic E-state index is 10.6. The number of allylic oxidation sites excluding steroid dienone is 1. The largest absolute Gasteiger partial charge is 0.497 e. The number of methoxy groups -OCH3 is 1. The Morgan fingerprint density at radius 3 is 2.81 bits per heavy atom. The average Bonchev–Trinajstić information content (AvgIpc) is 2.55. The molecule has 1 aromatic rings. The first-order valence-electron chi connectivity index (χ1n) is 5.61. The number of hydrogen-bond donors (Lipinski definition) is 1. The van der Waals surface area contributed by atoms with Crippen molar-refractivity contribution in [1.82, 2.24) is 0 Å². The maximum Gasteiger partial charge on any atom is 0.119 e. The van der Waals surface area contributed by atoms with Crippen LogP contribution in [0.3, 0.4) is 0 Å². The molecule has 1 N–H and O–H groups in total. The molecule has 0 heterocycles. The highest BCUT2D eigenvalue weighted by molar-refractivity contribution is 5.45. The first kappa shape index (κ1) is 11.2. The maximum absolute atomic E-state index is 10.6. The Balaban J connectivity index is 2.48. The minimum absolute atomic E-state index is 0.765. The smallest absolute Gasteiger partial charge is 0.119 e. The predicted molar refractivity (Wildman–Crippen MR) is 64.6 cm³/mol. The second kappa shape index (κ2) is 3.95. The van der Waals surface area contributed by atoms with Crippen LogP contribution in [0.1, 0.15) is 31.4 Å². The van der Waals surface area contributed by atoms with E-state index < -0.39 is 5.60 Å². The van der Waals surface area contributed by atoms with Crippen molar-refractivity contribution in [3.8, 4) is 5.75 Å². The zero-order valence-electron chi connectivity index (χ0n) is 10.1. The topological polar surface area (TPSA) is 29.5 Å². The van der Waals surface area contributed by atoms with Crippen LogP contribution in [-0.4, -0.2) is 12.2 Å². The van der Waals surface area contributed by atoms with Crippen molar-refractivity contribution in [2.75, 3.05) is 7.11 Å². The molecular weight excluding hydrogens is 200 g/mol. The van der Waals surface area contributed by atoms with Gasteiger partial charge in [-0.25, -0.2) is 0 Å². The molecule has 1 atom stereocenters. The second-order valence-electron chi connectivity index (χ2n) is 4.67. The summed E-state index contributed by atoms with van der Waals surface area (Å²) in [5.74, 6) is 0.807. The molecular formula is C14H18O2. The number of ether oxygens (including phenoxy) is 1. The van der Waals surface area contributed by atoms with Gasteiger partial charge < -0.3 is 9.84 Å². The van der Waals surface area contributed by atoms with E-state index in [0.717, 1.165) is 29.7 Å². The third-order valence-corrected chi connectivity index (χ3v) is 3.09. The fourth-order valence-corrected chi connectivity index (χ4v) is 2.39. The van der Waals surface area contributed by atoms with Crippen LogP contribution in [-0.2, 0) is 12.0 Å². The molecule has 1 aromatic carbocycles. The van der Waals surface area contributed by atoms with Crippen LogP contribution in [0.4, 0.5) is 0 Å². The van der Waals surface area contributed by atoms with Gasteiger partial charge in [0.2, 0.25) is 0 Å². The molecule has 2 rings (SSSR count). The fourth-order valence-electron chi connectivity index (χ4n) is 2.39. The van der Waals surface area contributed by atoms with Crippen molar-refractivity contribution in [3.05, 3.63) is 41.0 Å². The predicted octanol–water partition coefficient (Wildman–Crippen LogP) is 2.80. The Bertz CT molecular complexity index is 430. The van der Waals surface area contributed by atoms with E-state index in [4.69, 9.17) is 4.74 Å². The molecule has 0 saturated carbocycles. The normalized spacial score (nSPS) is 22.8. The van der Waals surface area contributed by atoms with Crippen LogP contribution >= 0.6 is 0 Å². The van der Waals surface area contributed by atoms with Crippen molar-refractivity contribution in [3.63, 3.8) is 0 Å². The molecule has 0 fully saturated rings. The molecule has 0 bridgehead atoms. The molecule has 1 unspecified atom stereocenters. The van der Waals surface area contributed by atoms with Gasteiger partial charge in [-0.1, -0.05) is 11.6 Å². The van der Waals surface area contributed by atoms with Gasteiger partial charge in [-0.2, -0.15) is 0 Å². The standard InChI is InChI=1S/C14H18O2/c1-10(2)9-14(15)7-6-11-4-5-12(16-3)8-13(11)14/h4-5,8-9,15H,6-7H2,1-3H3. The molecule has 0 amide bonds. The summed E-state index contributed by atoms with van der Waals surface area (Å²) in [5, 5.41) is 10.6. The lowest BCUT2D eigenvalue weighted by Crippen LogP contribution is -2.19. The van der Waals surface area contributed by atoms with Crippen LogP contribution < -0.4 is 4.74 Å². The monoisotopic (exact) mass is 218 g/mol. The van der Waals surface area contributed by atoms with E-state index in [-0.39, 0.29) is 0 Å². The molecule has 0 spiro atoms. The van der Waals surface area contributed by atoms with Crippen LogP contribution in [0, 0.1) is 0 Å². The number of hydrogen-bond acceptors (Lipinski definition) is 2. The minimum atomic E-state index is -0.803. The summed E-state index contributed by atoms with van der Waals surface area (Å²) in [5.41, 5.74) is 2.55. The third kappa shape index (κ3) is 1.85. The zero-order valence-corrected chi connectivity index (χ0v) is 10.1. The number of benzene rings is 1. The van der Waals surface area contributed by atoms with Gasteiger partial charge >= 0.3 is 0 Å². The van der Waals surface area contributed by atoms with Crippen molar-refractivity contribution in [1.29, 1.82) is 0 Å². The number of fused-ring (bicyclic) bond motifs is 1. The molecule has 0 aromatic heterocycles. The number of rotatable bonds is 2. The molecule has 2 heteroatoms. The van der Waals surface area contributed by atoms with Crippen molar-refractivity contribution >= 4 is 0 Å². The quantitative estimate of drug-likeness (QED) is 0.773. The molecule has 0 saturated heterocycles. The highest BCUT2D eigenvalue weighted by Gasteiger charge is 2.34. The van der Waals surface area contributed by atoms with E-state index in [0.29, 0.717) is 0 Å². The van der Waals surface area contributed by atoms with Gasteiger partial charge in [0, 0.05) is 0 Å². The summed E-state index contributed by atoms with van der Waals surface area (Å²) >= 11 is 0. The van der Waals surface area contributed by atoms with Crippen molar-refractivity contribution < 1.29 is 9.84 Å². The molecule has 1 aliphatic rings. The molecule has 16 heavy (non-hydrogen) atoms. The molecule has 2 nitrogen and oxygen atoms in total. The van der Waals surface area contributed by atoms with Crippen LogP contribution in [0.25, 0.3) is 0 Å². The SMILES string of the molecule is COc1ccc2c(c1)C(O)(C=C(C)C)CC2. The summed E-state index contributed by atoms with van der Waals surface area (Å²) in [6, 6.07) is 5.94. The first-order valence-corrected chi connectivity index (χ1v) is 5.61. The van der Waals surface area contributed by atoms with E-state index in [1.165, 1.54) is 5.56 Å². The summed E-state index contributed by atoms with van der Waals surface area (Å²) in [6.07, 6.45) is 3.64. The van der Waals surface area contributed by atoms with E-state index in [1.54, 1.807) is 7.11 Å². The summed E-state index contributed by atoms with van der Waals surface area (Å²) < 4.78 is 5.21. The van der Waals surface area contributed by atoms with Gasteiger partial charge in [0.05, 0.1) is 7.11 Å². The summed E-state index contributed by atoms with van der Waals surface area (Å²) in [7, 11) is 1.65. The van der Waals surface area contributed by atoms with Gasteiger partial charge in [0.25, 0.3) is 0 Å². The van der Waals surface area contributed by atoms with Crippen LogP contribution in [0.2, 0.25) is 0 Å². The van der Waals surface area contributed by atoms with Crippen LogP contribution in [0.5, 0.6) is 5.75 Å². The Morgan fingerprint density at radius 1 is 1.44 bits per heavy atom. The lowest BCUT2D eigenvalue weighted by molar-refractivity contribution is 0.0905. The molecule has 1 aliphatic carbocycles. The molecule has 0 aliphatic heterocycles. The van der Waals surface area contributed by atoms with Gasteiger partial charge in [-0.15, -0.1) is 0 Å². The van der Waals surface area contributed by atoms with Gasteiger partial charge in [0.15, 0.2) is 0 Å². The first-order chi connectivity index (χ1) is 7.55. The Morgan fingerprint density at radius 2 is 2.19 bits per heavy atom. The number of aliphatic hydroxyl groups is 1. The average molecular weight is 218 g/mol. The van der Waals surface area contributed by atoms with Gasteiger partial charge in [-0.3, -0.25) is 0 Å². The van der Waals surface area contributed by atoms with E-state index in [2.05, 4.69) is 0 Å². The van der Waals surface area contributed by atoms with Crippen LogP contribution in [0.15, 0.2) is 29.8 Å². The van der Waals surface area contributed by atoms with Crippen molar-refractivity contribution in [2.24, 2.45) is 0 Å². The van der Waals surface area contributed by atoms with Gasteiger partial charge in [-0.05, 0) is 56.0 Å². The van der Waals surface area contributed by atoms with Crippen molar-refractivity contribution in [2.45, 2.75) is 32.3 Å². The lowest BCUT2D eigenvalue weighted by atomic mass is 9.94. The third-order valence-electron chi connectivity index (χ3n) is 3.09. The fraction of sp³-hybridized carbons (Fsp3) is 0.429. The summed E-state index contributed by atoms with van der Waals surface area (Å²) in [4.78, 5) is 0.